The molecule has 114 valence electrons. The minimum atomic E-state index is -0.314. The molecule has 0 aromatic carbocycles. The zero-order valence-electron chi connectivity index (χ0n) is 12.9. The average molecular weight is 281 g/mol. The standard InChI is InChI=1S/C15H27N3O2/c1-4-12(3)16-11-13-17-14(18-20-13)15(19-5-2)9-7-6-8-10-15/h12,16H,4-11H2,1-3H3. The number of nitrogens with one attached hydrogen (secondary N) is 1. The molecule has 1 saturated carbocycles. The fourth-order valence-corrected chi connectivity index (χ4v) is 2.75. The van der Waals surface area contributed by atoms with Crippen LogP contribution in [0.25, 0.3) is 0 Å². The fraction of sp³-hybridized carbons (Fsp3) is 0.867. The third kappa shape index (κ3) is 3.58. The maximum Gasteiger partial charge on any atom is 0.240 e. The summed E-state index contributed by atoms with van der Waals surface area (Å²) < 4.78 is 11.4. The van der Waals surface area contributed by atoms with Crippen molar-refractivity contribution in [1.29, 1.82) is 0 Å². The zero-order valence-corrected chi connectivity index (χ0v) is 12.9. The van der Waals surface area contributed by atoms with Crippen molar-refractivity contribution in [2.75, 3.05) is 6.61 Å². The van der Waals surface area contributed by atoms with Gasteiger partial charge in [-0.05, 0) is 33.1 Å². The van der Waals surface area contributed by atoms with Crippen LogP contribution in [0.1, 0.15) is 71.0 Å². The Morgan fingerprint density at radius 2 is 2.05 bits per heavy atom. The zero-order chi connectivity index (χ0) is 14.4. The van der Waals surface area contributed by atoms with Crippen molar-refractivity contribution in [2.24, 2.45) is 0 Å². The van der Waals surface area contributed by atoms with Crippen LogP contribution in [0.4, 0.5) is 0 Å². The molecule has 0 bridgehead atoms. The van der Waals surface area contributed by atoms with Gasteiger partial charge in [0.15, 0.2) is 0 Å². The number of nitrogens with zero attached hydrogens (tertiary/aromatic N) is 2. The van der Waals surface area contributed by atoms with Crippen molar-refractivity contribution >= 4 is 0 Å². The normalized spacial score (nSPS) is 19.9. The van der Waals surface area contributed by atoms with Gasteiger partial charge in [0, 0.05) is 12.6 Å². The molecule has 20 heavy (non-hydrogen) atoms. The number of hydrogen-bond donors (Lipinski definition) is 1. The summed E-state index contributed by atoms with van der Waals surface area (Å²) in [6.07, 6.45) is 6.71. The van der Waals surface area contributed by atoms with Crippen molar-refractivity contribution in [3.05, 3.63) is 11.7 Å². The second kappa shape index (κ2) is 7.18. The smallest absolute Gasteiger partial charge is 0.240 e. The van der Waals surface area contributed by atoms with Gasteiger partial charge in [0.05, 0.1) is 6.54 Å². The lowest BCUT2D eigenvalue weighted by atomic mass is 9.84. The van der Waals surface area contributed by atoms with Gasteiger partial charge >= 0.3 is 0 Å². The van der Waals surface area contributed by atoms with Crippen LogP contribution in [0.5, 0.6) is 0 Å². The van der Waals surface area contributed by atoms with Gasteiger partial charge in [-0.15, -0.1) is 0 Å². The Morgan fingerprint density at radius 3 is 2.70 bits per heavy atom. The van der Waals surface area contributed by atoms with Crippen LogP contribution < -0.4 is 5.32 Å². The molecular weight excluding hydrogens is 254 g/mol. The van der Waals surface area contributed by atoms with E-state index in [1.165, 1.54) is 19.3 Å². The molecule has 1 atom stereocenters. The molecule has 0 spiro atoms. The molecule has 1 aliphatic carbocycles. The molecule has 1 unspecified atom stereocenters. The van der Waals surface area contributed by atoms with E-state index in [9.17, 15) is 0 Å². The van der Waals surface area contributed by atoms with E-state index in [0.717, 1.165) is 25.1 Å². The molecule has 0 amide bonds. The van der Waals surface area contributed by atoms with E-state index in [1.54, 1.807) is 0 Å². The van der Waals surface area contributed by atoms with Crippen LogP contribution in [0.3, 0.4) is 0 Å². The predicted molar refractivity (Wildman–Crippen MR) is 77.3 cm³/mol. The first-order valence-electron chi connectivity index (χ1n) is 7.90. The fourth-order valence-electron chi connectivity index (χ4n) is 2.75. The number of hydrogen-bond acceptors (Lipinski definition) is 5. The van der Waals surface area contributed by atoms with Crippen LogP contribution >= 0.6 is 0 Å². The van der Waals surface area contributed by atoms with Crippen LogP contribution in [0.15, 0.2) is 4.52 Å². The van der Waals surface area contributed by atoms with Crippen LogP contribution in [-0.2, 0) is 16.9 Å². The number of aromatic nitrogens is 2. The summed E-state index contributed by atoms with van der Waals surface area (Å²) in [6.45, 7) is 7.66. The lowest BCUT2D eigenvalue weighted by Gasteiger charge is -2.33. The minimum absolute atomic E-state index is 0.314. The molecular formula is C15H27N3O2. The van der Waals surface area contributed by atoms with E-state index >= 15 is 0 Å². The van der Waals surface area contributed by atoms with E-state index in [-0.39, 0.29) is 5.60 Å². The average Bonchev–Trinajstić information content (AvgIpc) is 2.95. The van der Waals surface area contributed by atoms with Crippen molar-refractivity contribution in [3.63, 3.8) is 0 Å². The maximum atomic E-state index is 6.01. The van der Waals surface area contributed by atoms with Crippen molar-refractivity contribution < 1.29 is 9.26 Å². The Kier molecular flexibility index (Phi) is 5.54. The number of rotatable bonds is 7. The molecule has 1 aromatic heterocycles. The monoisotopic (exact) mass is 281 g/mol. The molecule has 1 aromatic rings. The summed E-state index contributed by atoms with van der Waals surface area (Å²) in [5, 5.41) is 7.56. The van der Waals surface area contributed by atoms with Gasteiger partial charge in [0.1, 0.15) is 5.60 Å². The number of ether oxygens (including phenoxy) is 1. The lowest BCUT2D eigenvalue weighted by molar-refractivity contribution is -0.0777. The Hall–Kier alpha value is -0.940. The van der Waals surface area contributed by atoms with E-state index in [2.05, 4.69) is 29.3 Å². The SMILES string of the molecule is CCOC1(c2noc(CNC(C)CC)n2)CCCCC1. The largest absolute Gasteiger partial charge is 0.367 e. The first-order valence-corrected chi connectivity index (χ1v) is 7.90. The Balaban J connectivity index is 2.04. The van der Waals surface area contributed by atoms with E-state index in [4.69, 9.17) is 9.26 Å². The summed E-state index contributed by atoms with van der Waals surface area (Å²) in [4.78, 5) is 4.57. The maximum absolute atomic E-state index is 6.01. The van der Waals surface area contributed by atoms with Gasteiger partial charge in [0.2, 0.25) is 11.7 Å². The molecule has 0 radical (unpaired) electrons. The summed E-state index contributed by atoms with van der Waals surface area (Å²) >= 11 is 0. The summed E-state index contributed by atoms with van der Waals surface area (Å²) in [5.74, 6) is 1.39. The van der Waals surface area contributed by atoms with E-state index < -0.39 is 0 Å². The molecule has 5 heteroatoms. The molecule has 5 nitrogen and oxygen atoms in total. The van der Waals surface area contributed by atoms with Gasteiger partial charge in [-0.2, -0.15) is 4.98 Å². The highest BCUT2D eigenvalue weighted by atomic mass is 16.5. The Morgan fingerprint density at radius 1 is 1.30 bits per heavy atom. The van der Waals surface area contributed by atoms with Crippen molar-refractivity contribution in [2.45, 2.75) is 77.5 Å². The topological polar surface area (TPSA) is 60.2 Å². The second-order valence-electron chi connectivity index (χ2n) is 5.69. The van der Waals surface area contributed by atoms with Gasteiger partial charge in [-0.25, -0.2) is 0 Å². The minimum Gasteiger partial charge on any atom is -0.367 e. The molecule has 1 N–H and O–H groups in total. The first-order chi connectivity index (χ1) is 9.70. The Labute approximate surface area is 121 Å². The van der Waals surface area contributed by atoms with Crippen LogP contribution in [0.2, 0.25) is 0 Å². The molecule has 2 rings (SSSR count). The van der Waals surface area contributed by atoms with Gasteiger partial charge in [0.25, 0.3) is 0 Å². The van der Waals surface area contributed by atoms with Crippen LogP contribution in [-0.4, -0.2) is 22.8 Å². The third-order valence-electron chi connectivity index (χ3n) is 4.17. The van der Waals surface area contributed by atoms with Crippen molar-refractivity contribution in [1.82, 2.24) is 15.5 Å². The van der Waals surface area contributed by atoms with E-state index in [0.29, 0.717) is 25.1 Å². The lowest BCUT2D eigenvalue weighted by Crippen LogP contribution is -2.33. The first kappa shape index (κ1) is 15.4. The van der Waals surface area contributed by atoms with E-state index in [1.807, 2.05) is 6.92 Å². The third-order valence-corrected chi connectivity index (χ3v) is 4.17. The summed E-state index contributed by atoms with van der Waals surface area (Å²) in [5.41, 5.74) is -0.314. The van der Waals surface area contributed by atoms with Gasteiger partial charge in [-0.3, -0.25) is 0 Å². The highest BCUT2D eigenvalue weighted by Crippen LogP contribution is 2.38. The predicted octanol–water partition coefficient (Wildman–Crippen LogP) is 3.15. The molecule has 1 fully saturated rings. The Bertz CT molecular complexity index is 394. The molecule has 1 heterocycles. The quantitative estimate of drug-likeness (QED) is 0.832. The van der Waals surface area contributed by atoms with Crippen LogP contribution in [0, 0.1) is 0 Å². The van der Waals surface area contributed by atoms with Gasteiger partial charge in [-0.1, -0.05) is 31.3 Å². The van der Waals surface area contributed by atoms with Gasteiger partial charge < -0.3 is 14.6 Å². The summed E-state index contributed by atoms with van der Waals surface area (Å²) in [6, 6.07) is 0.459. The highest BCUT2D eigenvalue weighted by Gasteiger charge is 2.39. The van der Waals surface area contributed by atoms with Crippen molar-refractivity contribution in [3.8, 4) is 0 Å². The highest BCUT2D eigenvalue weighted by molar-refractivity contribution is 5.03. The second-order valence-corrected chi connectivity index (χ2v) is 5.69. The summed E-state index contributed by atoms with van der Waals surface area (Å²) in [7, 11) is 0. The molecule has 1 aliphatic rings. The molecule has 0 saturated heterocycles. The molecule has 0 aliphatic heterocycles.